The zero-order chi connectivity index (χ0) is 25.2. The number of amides is 1. The molecule has 186 valence electrons. The van der Waals surface area contributed by atoms with Gasteiger partial charge in [0.05, 0.1) is 24.8 Å². The molecule has 0 bridgehead atoms. The third kappa shape index (κ3) is 5.49. The summed E-state index contributed by atoms with van der Waals surface area (Å²) in [4.78, 5) is 30.4. The number of aliphatic hydroxyl groups excluding tert-OH is 1. The lowest BCUT2D eigenvalue weighted by Gasteiger charge is -2.29. The second kappa shape index (κ2) is 10.3. The first-order chi connectivity index (χ1) is 16.7. The summed E-state index contributed by atoms with van der Waals surface area (Å²) in [7, 11) is 0. The Balaban J connectivity index is 1.68. The van der Waals surface area contributed by atoms with Crippen LogP contribution in [0.3, 0.4) is 0 Å². The Morgan fingerprint density at radius 1 is 0.971 bits per heavy atom. The maximum absolute atomic E-state index is 13.2. The first kappa shape index (κ1) is 25.1. The number of carbonyl (C=O) groups is 2. The highest BCUT2D eigenvalue weighted by molar-refractivity contribution is 6.46. The van der Waals surface area contributed by atoms with E-state index in [9.17, 15) is 14.7 Å². The smallest absolute Gasteiger partial charge is 0.295 e. The molecule has 35 heavy (non-hydrogen) atoms. The quantitative estimate of drug-likeness (QED) is 0.379. The fraction of sp³-hybridized carbons (Fsp3) is 0.448. The summed E-state index contributed by atoms with van der Waals surface area (Å²) in [5.41, 5.74) is 3.74. The molecule has 2 aliphatic rings. The fourth-order valence-corrected chi connectivity index (χ4v) is 4.78. The Morgan fingerprint density at radius 3 is 2.20 bits per heavy atom. The number of nitrogens with zero attached hydrogens (tertiary/aromatic N) is 2. The van der Waals surface area contributed by atoms with Crippen molar-refractivity contribution in [3.63, 3.8) is 0 Å². The van der Waals surface area contributed by atoms with Crippen molar-refractivity contribution in [3.8, 4) is 0 Å². The van der Waals surface area contributed by atoms with E-state index in [0.29, 0.717) is 12.1 Å². The van der Waals surface area contributed by atoms with Gasteiger partial charge >= 0.3 is 0 Å². The van der Waals surface area contributed by atoms with E-state index in [-0.39, 0.29) is 16.7 Å². The van der Waals surface area contributed by atoms with E-state index in [1.54, 1.807) is 17.0 Å². The highest BCUT2D eigenvalue weighted by Gasteiger charge is 2.45. The van der Waals surface area contributed by atoms with Crippen molar-refractivity contribution >= 4 is 17.4 Å². The number of carbonyl (C=O) groups excluding carboxylic acids is 2. The van der Waals surface area contributed by atoms with Gasteiger partial charge in [0.15, 0.2) is 0 Å². The maximum Gasteiger partial charge on any atom is 0.295 e. The van der Waals surface area contributed by atoms with Gasteiger partial charge in [-0.3, -0.25) is 14.5 Å². The zero-order valence-corrected chi connectivity index (χ0v) is 21.2. The Labute approximate surface area is 208 Å². The number of rotatable bonds is 6. The van der Waals surface area contributed by atoms with Crippen molar-refractivity contribution < 1.29 is 19.4 Å². The van der Waals surface area contributed by atoms with E-state index >= 15 is 0 Å². The largest absolute Gasteiger partial charge is 0.507 e. The molecule has 0 saturated carbocycles. The molecule has 6 heteroatoms. The number of ether oxygens (including phenoxy) is 1. The molecule has 1 atom stereocenters. The number of hydrogen-bond donors (Lipinski definition) is 1. The van der Waals surface area contributed by atoms with Crippen LogP contribution in [0.2, 0.25) is 0 Å². The molecule has 0 spiro atoms. The van der Waals surface area contributed by atoms with Gasteiger partial charge < -0.3 is 14.7 Å². The van der Waals surface area contributed by atoms with E-state index in [1.807, 2.05) is 31.2 Å². The van der Waals surface area contributed by atoms with Crippen LogP contribution in [0.4, 0.5) is 0 Å². The lowest BCUT2D eigenvalue weighted by molar-refractivity contribution is -0.140. The lowest BCUT2D eigenvalue weighted by atomic mass is 9.85. The van der Waals surface area contributed by atoms with Crippen molar-refractivity contribution in [1.82, 2.24) is 9.80 Å². The number of aryl methyl sites for hydroxylation is 1. The average molecular weight is 477 g/mol. The summed E-state index contributed by atoms with van der Waals surface area (Å²) in [5, 5.41) is 11.2. The molecule has 4 rings (SSSR count). The third-order valence-corrected chi connectivity index (χ3v) is 6.93. The SMILES string of the molecule is Cc1ccc(C(O)=C2C(=O)C(=O)N(CCCN3CCOCC3)[C@H]2c2ccc(C(C)(C)C)cc2)cc1. The third-order valence-electron chi connectivity index (χ3n) is 6.93. The van der Waals surface area contributed by atoms with E-state index in [1.165, 1.54) is 5.56 Å². The Morgan fingerprint density at radius 2 is 1.60 bits per heavy atom. The first-order valence-electron chi connectivity index (χ1n) is 12.4. The first-order valence-corrected chi connectivity index (χ1v) is 12.4. The van der Waals surface area contributed by atoms with Crippen molar-refractivity contribution in [2.75, 3.05) is 39.4 Å². The molecular formula is C29H36N2O4. The van der Waals surface area contributed by atoms with Crippen molar-refractivity contribution in [3.05, 3.63) is 76.4 Å². The number of Topliss-reactive ketones (excluding diaryl/α,β-unsaturated/α-hetero) is 1. The van der Waals surface area contributed by atoms with Crippen LogP contribution < -0.4 is 0 Å². The molecule has 2 heterocycles. The van der Waals surface area contributed by atoms with E-state index in [2.05, 4.69) is 37.8 Å². The van der Waals surface area contributed by atoms with E-state index < -0.39 is 17.7 Å². The predicted octanol–water partition coefficient (Wildman–Crippen LogP) is 4.44. The van der Waals surface area contributed by atoms with Crippen LogP contribution in [0.15, 0.2) is 54.1 Å². The molecule has 0 unspecified atom stereocenters. The van der Waals surface area contributed by atoms with Crippen LogP contribution in [0.1, 0.15) is 55.5 Å². The standard InChI is InChI=1S/C29H36N2O4/c1-20-6-8-22(9-7-20)26(32)24-25(21-10-12-23(13-11-21)29(2,3)4)31(28(34)27(24)33)15-5-14-30-16-18-35-19-17-30/h6-13,25,32H,5,14-19H2,1-4H3/t25-/m0/s1. The van der Waals surface area contributed by atoms with Gasteiger partial charge in [-0.1, -0.05) is 74.9 Å². The normalized spacial score (nSPS) is 21.0. The molecule has 2 saturated heterocycles. The highest BCUT2D eigenvalue weighted by atomic mass is 16.5. The molecule has 0 radical (unpaired) electrons. The Bertz CT molecular complexity index is 1090. The topological polar surface area (TPSA) is 70.1 Å². The second-order valence-corrected chi connectivity index (χ2v) is 10.5. The van der Waals surface area contributed by atoms with E-state index in [0.717, 1.165) is 50.4 Å². The van der Waals surface area contributed by atoms with Gasteiger partial charge in [-0.05, 0) is 29.9 Å². The van der Waals surface area contributed by atoms with Crippen LogP contribution in [-0.4, -0.2) is 66.0 Å². The lowest BCUT2D eigenvalue weighted by Crippen LogP contribution is -2.39. The number of morpholine rings is 1. The summed E-state index contributed by atoms with van der Waals surface area (Å²) in [6, 6.07) is 14.8. The monoisotopic (exact) mass is 476 g/mol. The summed E-state index contributed by atoms with van der Waals surface area (Å²) in [5.74, 6) is -1.30. The van der Waals surface area contributed by atoms with Crippen LogP contribution in [0, 0.1) is 6.92 Å². The van der Waals surface area contributed by atoms with Gasteiger partial charge in [0.2, 0.25) is 0 Å². The molecule has 1 amide bonds. The highest BCUT2D eigenvalue weighted by Crippen LogP contribution is 2.40. The van der Waals surface area contributed by atoms with Gasteiger partial charge in [0.25, 0.3) is 11.7 Å². The van der Waals surface area contributed by atoms with Gasteiger partial charge in [-0.2, -0.15) is 0 Å². The van der Waals surface area contributed by atoms with Crippen molar-refractivity contribution in [1.29, 1.82) is 0 Å². The molecule has 1 N–H and O–H groups in total. The number of likely N-dealkylation sites (tertiary alicyclic amines) is 1. The van der Waals surface area contributed by atoms with Crippen LogP contribution in [0.5, 0.6) is 0 Å². The van der Waals surface area contributed by atoms with Crippen LogP contribution in [0.25, 0.3) is 5.76 Å². The van der Waals surface area contributed by atoms with E-state index in [4.69, 9.17) is 4.74 Å². The zero-order valence-electron chi connectivity index (χ0n) is 21.2. The van der Waals surface area contributed by atoms with Gasteiger partial charge in [-0.25, -0.2) is 0 Å². The number of benzene rings is 2. The van der Waals surface area contributed by atoms with Crippen molar-refractivity contribution in [2.24, 2.45) is 0 Å². The number of ketones is 1. The minimum Gasteiger partial charge on any atom is -0.507 e. The summed E-state index contributed by atoms with van der Waals surface area (Å²) in [6.45, 7) is 12.9. The Hall–Kier alpha value is -2.96. The number of aliphatic hydroxyl groups is 1. The molecule has 2 fully saturated rings. The molecule has 0 aromatic heterocycles. The minimum absolute atomic E-state index is 0.0135. The molecule has 2 aliphatic heterocycles. The van der Waals surface area contributed by atoms with Gasteiger partial charge in [0, 0.05) is 31.7 Å². The molecular weight excluding hydrogens is 440 g/mol. The maximum atomic E-state index is 13.2. The number of hydrogen-bond acceptors (Lipinski definition) is 5. The van der Waals surface area contributed by atoms with Gasteiger partial charge in [-0.15, -0.1) is 0 Å². The average Bonchev–Trinajstić information content (AvgIpc) is 3.09. The molecule has 6 nitrogen and oxygen atoms in total. The van der Waals surface area contributed by atoms with Gasteiger partial charge in [0.1, 0.15) is 5.76 Å². The fourth-order valence-electron chi connectivity index (χ4n) is 4.78. The minimum atomic E-state index is -0.626. The van der Waals surface area contributed by atoms with Crippen LogP contribution in [-0.2, 0) is 19.7 Å². The summed E-state index contributed by atoms with van der Waals surface area (Å²) in [6.07, 6.45) is 0.744. The van der Waals surface area contributed by atoms with Crippen molar-refractivity contribution in [2.45, 2.75) is 45.6 Å². The predicted molar refractivity (Wildman–Crippen MR) is 137 cm³/mol. The van der Waals surface area contributed by atoms with Crippen LogP contribution >= 0.6 is 0 Å². The molecule has 0 aliphatic carbocycles. The second-order valence-electron chi connectivity index (χ2n) is 10.5. The molecule has 2 aromatic carbocycles. The summed E-state index contributed by atoms with van der Waals surface area (Å²) >= 11 is 0. The Kier molecular flexibility index (Phi) is 7.43. The summed E-state index contributed by atoms with van der Waals surface area (Å²) < 4.78 is 5.42. The molecule has 2 aromatic rings.